The van der Waals surface area contributed by atoms with E-state index < -0.39 is 17.6 Å². The molecule has 0 bridgehead atoms. The van der Waals surface area contributed by atoms with Crippen molar-refractivity contribution in [1.82, 2.24) is 9.88 Å². The summed E-state index contributed by atoms with van der Waals surface area (Å²) < 4.78 is 15.7. The summed E-state index contributed by atoms with van der Waals surface area (Å²) in [5, 5.41) is 0.936. The van der Waals surface area contributed by atoms with Gasteiger partial charge < -0.3 is 14.2 Å². The minimum Gasteiger partial charge on any atom is -0.456 e. The number of methoxy groups -OCH3 is 1. The first-order valence-electron chi connectivity index (χ1n) is 11.3. The average Bonchev–Trinajstić information content (AvgIpc) is 3.17. The van der Waals surface area contributed by atoms with Crippen molar-refractivity contribution in [3.63, 3.8) is 0 Å². The molecule has 3 atom stereocenters. The van der Waals surface area contributed by atoms with Crippen molar-refractivity contribution in [3.05, 3.63) is 47.7 Å². The fourth-order valence-corrected chi connectivity index (χ4v) is 3.99. The van der Waals surface area contributed by atoms with Crippen LogP contribution in [0.25, 0.3) is 17.0 Å². The number of benzene rings is 1. The molecule has 0 aliphatic carbocycles. The van der Waals surface area contributed by atoms with Crippen LogP contribution >= 0.6 is 0 Å². The summed E-state index contributed by atoms with van der Waals surface area (Å²) >= 11 is 0. The predicted octanol–water partition coefficient (Wildman–Crippen LogP) is 4.53. The number of imide groups is 1. The van der Waals surface area contributed by atoms with Crippen LogP contribution in [0.15, 0.2) is 36.4 Å². The highest BCUT2D eigenvalue weighted by molar-refractivity contribution is 5.98. The summed E-state index contributed by atoms with van der Waals surface area (Å²) in [6, 6.07) is 9.20. The molecule has 0 N–H and O–H groups in total. The zero-order valence-corrected chi connectivity index (χ0v) is 20.5. The number of hydrogen-bond acceptors (Lipinski definition) is 7. The zero-order valence-electron chi connectivity index (χ0n) is 20.5. The number of cyclic esters (lactones) is 1. The second kappa shape index (κ2) is 10.3. The Hall–Kier alpha value is -3.26. The lowest BCUT2D eigenvalue weighted by molar-refractivity contribution is -0.146. The molecule has 2 amide bonds. The molecule has 1 aliphatic heterocycles. The molecule has 0 spiro atoms. The third-order valence-corrected chi connectivity index (χ3v) is 5.97. The maximum absolute atomic E-state index is 13.5. The van der Waals surface area contributed by atoms with Gasteiger partial charge in [0.15, 0.2) is 0 Å². The van der Waals surface area contributed by atoms with Crippen molar-refractivity contribution in [2.45, 2.75) is 46.8 Å². The average molecular weight is 469 g/mol. The first-order valence-corrected chi connectivity index (χ1v) is 11.3. The molecular weight excluding hydrogens is 436 g/mol. The van der Waals surface area contributed by atoms with Crippen molar-refractivity contribution >= 4 is 34.9 Å². The van der Waals surface area contributed by atoms with Gasteiger partial charge in [0.25, 0.3) is 0 Å². The van der Waals surface area contributed by atoms with Crippen molar-refractivity contribution in [2.75, 3.05) is 20.3 Å². The Kier molecular flexibility index (Phi) is 7.71. The Bertz CT molecular complexity index is 1110. The second-order valence-electron chi connectivity index (χ2n) is 9.19. The number of fused-ring (bicyclic) bond motifs is 1. The number of hydrogen-bond donors (Lipinski definition) is 0. The summed E-state index contributed by atoms with van der Waals surface area (Å²) in [4.78, 5) is 42.9. The molecule has 0 radical (unpaired) electrons. The molecule has 3 rings (SSSR count). The molecule has 1 aromatic heterocycles. The Morgan fingerprint density at radius 3 is 2.62 bits per heavy atom. The maximum atomic E-state index is 13.5. The van der Waals surface area contributed by atoms with Crippen LogP contribution in [0.5, 0.6) is 0 Å². The van der Waals surface area contributed by atoms with Crippen LogP contribution < -0.4 is 0 Å². The van der Waals surface area contributed by atoms with Crippen LogP contribution in [0.4, 0.5) is 4.79 Å². The van der Waals surface area contributed by atoms with E-state index in [4.69, 9.17) is 14.2 Å². The van der Waals surface area contributed by atoms with Crippen molar-refractivity contribution in [3.8, 4) is 0 Å². The Morgan fingerprint density at radius 1 is 1.26 bits per heavy atom. The number of pyridine rings is 1. The number of carbonyl (C=O) groups excluding carboxylic acids is 3. The van der Waals surface area contributed by atoms with E-state index in [-0.39, 0.29) is 37.0 Å². The van der Waals surface area contributed by atoms with Gasteiger partial charge in [-0.3, -0.25) is 9.59 Å². The molecule has 2 aromatic rings. The number of amides is 2. The van der Waals surface area contributed by atoms with E-state index in [9.17, 15) is 14.4 Å². The van der Waals surface area contributed by atoms with E-state index in [0.717, 1.165) is 16.5 Å². The van der Waals surface area contributed by atoms with Gasteiger partial charge in [0.1, 0.15) is 12.7 Å². The molecule has 2 heterocycles. The standard InChI is InChI=1S/C26H32N2O6/c1-16(2)23-14-33-25(31)28(23)24(30)26(5,15-32-6)12-11-19-7-8-20-9-10-21(27-22(20)13-19)17(3)34-18(4)29/h7-13,16-17,23H,14-15H2,1-6H3/b12-11+/t17-,23?,26-/m1/s1. The lowest BCUT2D eigenvalue weighted by Crippen LogP contribution is -2.49. The van der Waals surface area contributed by atoms with Crippen LogP contribution in [0.3, 0.4) is 0 Å². The van der Waals surface area contributed by atoms with Crippen LogP contribution in [0.1, 0.15) is 52.0 Å². The highest BCUT2D eigenvalue weighted by Crippen LogP contribution is 2.30. The van der Waals surface area contributed by atoms with Gasteiger partial charge in [-0.25, -0.2) is 14.7 Å². The SMILES string of the molecule is COC[C@@](C)(/C=C/c1ccc2ccc([C@@H](C)OC(C)=O)nc2c1)C(=O)N1C(=O)OCC1C(C)C. The normalized spacial score (nSPS) is 18.9. The third-order valence-electron chi connectivity index (χ3n) is 5.97. The first kappa shape index (κ1) is 25.4. The van der Waals surface area contributed by atoms with E-state index in [1.807, 2.05) is 50.3 Å². The molecule has 182 valence electrons. The molecule has 0 saturated carbocycles. The van der Waals surface area contributed by atoms with Crippen LogP contribution in [0, 0.1) is 11.3 Å². The Morgan fingerprint density at radius 2 is 1.97 bits per heavy atom. The highest BCUT2D eigenvalue weighted by atomic mass is 16.6. The van der Waals surface area contributed by atoms with Crippen LogP contribution in [0.2, 0.25) is 0 Å². The number of nitrogens with zero attached hydrogens (tertiary/aromatic N) is 2. The number of ether oxygens (including phenoxy) is 3. The van der Waals surface area contributed by atoms with Crippen LogP contribution in [-0.2, 0) is 23.8 Å². The van der Waals surface area contributed by atoms with Gasteiger partial charge in [0, 0.05) is 19.4 Å². The molecule has 8 nitrogen and oxygen atoms in total. The minimum absolute atomic E-state index is 0.0707. The zero-order chi connectivity index (χ0) is 25.0. The van der Waals surface area contributed by atoms with Gasteiger partial charge in [0.2, 0.25) is 5.91 Å². The van der Waals surface area contributed by atoms with Gasteiger partial charge in [-0.15, -0.1) is 0 Å². The molecule has 1 unspecified atom stereocenters. The molecule has 34 heavy (non-hydrogen) atoms. The Labute approximate surface area is 199 Å². The lowest BCUT2D eigenvalue weighted by Gasteiger charge is -2.31. The van der Waals surface area contributed by atoms with E-state index in [0.29, 0.717) is 5.69 Å². The number of carbonyl (C=O) groups is 3. The number of esters is 1. The van der Waals surface area contributed by atoms with E-state index in [2.05, 4.69) is 4.98 Å². The summed E-state index contributed by atoms with van der Waals surface area (Å²) in [5.41, 5.74) is 1.15. The molecule has 1 aromatic carbocycles. The quantitative estimate of drug-likeness (QED) is 0.525. The monoisotopic (exact) mass is 468 g/mol. The second-order valence-corrected chi connectivity index (χ2v) is 9.19. The summed E-state index contributed by atoms with van der Waals surface area (Å²) in [5.74, 6) is -0.653. The first-order chi connectivity index (χ1) is 16.1. The van der Waals surface area contributed by atoms with E-state index in [1.54, 1.807) is 19.9 Å². The van der Waals surface area contributed by atoms with Gasteiger partial charge in [-0.1, -0.05) is 44.2 Å². The molecule has 1 aliphatic rings. The predicted molar refractivity (Wildman–Crippen MR) is 128 cm³/mol. The Balaban J connectivity index is 1.90. The lowest BCUT2D eigenvalue weighted by atomic mass is 9.87. The minimum atomic E-state index is -1.07. The fraction of sp³-hybridized carbons (Fsp3) is 0.462. The van der Waals surface area contributed by atoms with E-state index in [1.165, 1.54) is 18.9 Å². The van der Waals surface area contributed by atoms with Crippen molar-refractivity contribution in [1.29, 1.82) is 0 Å². The number of aromatic nitrogens is 1. The maximum Gasteiger partial charge on any atom is 0.417 e. The molecule has 1 saturated heterocycles. The fourth-order valence-electron chi connectivity index (χ4n) is 3.99. The topological polar surface area (TPSA) is 95.0 Å². The largest absolute Gasteiger partial charge is 0.456 e. The molecular formula is C26H32N2O6. The smallest absolute Gasteiger partial charge is 0.417 e. The summed E-state index contributed by atoms with van der Waals surface area (Å²) in [7, 11) is 1.52. The van der Waals surface area contributed by atoms with Gasteiger partial charge >= 0.3 is 12.1 Å². The van der Waals surface area contributed by atoms with E-state index >= 15 is 0 Å². The van der Waals surface area contributed by atoms with Crippen molar-refractivity contribution in [2.24, 2.45) is 11.3 Å². The van der Waals surface area contributed by atoms with Crippen LogP contribution in [-0.4, -0.2) is 54.2 Å². The number of rotatable bonds is 8. The summed E-state index contributed by atoms with van der Waals surface area (Å²) in [6.07, 6.45) is 2.50. The molecule has 8 heteroatoms. The van der Waals surface area contributed by atoms with Gasteiger partial charge in [-0.2, -0.15) is 0 Å². The van der Waals surface area contributed by atoms with Gasteiger partial charge in [-0.05, 0) is 37.5 Å². The van der Waals surface area contributed by atoms with Gasteiger partial charge in [0.05, 0.1) is 29.3 Å². The summed E-state index contributed by atoms with van der Waals surface area (Å²) in [6.45, 7) is 9.09. The highest BCUT2D eigenvalue weighted by Gasteiger charge is 2.46. The molecule has 1 fully saturated rings. The van der Waals surface area contributed by atoms with Crippen molar-refractivity contribution < 1.29 is 28.6 Å². The third kappa shape index (κ3) is 5.44.